The minimum absolute atomic E-state index is 0.286. The summed E-state index contributed by atoms with van der Waals surface area (Å²) in [6.07, 6.45) is 13.0. The van der Waals surface area contributed by atoms with Crippen molar-refractivity contribution in [3.63, 3.8) is 0 Å². The molecule has 1 saturated carbocycles. The fraction of sp³-hybridized carbons (Fsp3) is 0.480. The fourth-order valence-corrected chi connectivity index (χ4v) is 5.71. The molecule has 6 rings (SSSR count). The molecule has 0 radical (unpaired) electrons. The summed E-state index contributed by atoms with van der Waals surface area (Å²) in [7, 11) is 0. The van der Waals surface area contributed by atoms with Crippen LogP contribution >= 0.6 is 0 Å². The first kappa shape index (κ1) is 19.6. The summed E-state index contributed by atoms with van der Waals surface area (Å²) in [6.45, 7) is 4.42. The van der Waals surface area contributed by atoms with Gasteiger partial charge in [0.1, 0.15) is 5.82 Å². The summed E-state index contributed by atoms with van der Waals surface area (Å²) >= 11 is 0. The molecule has 7 nitrogen and oxygen atoms in total. The van der Waals surface area contributed by atoms with Crippen LogP contribution < -0.4 is 4.90 Å². The number of anilines is 1. The normalized spacial score (nSPS) is 25.0. The molecule has 1 aliphatic carbocycles. The second-order valence-corrected chi connectivity index (χ2v) is 9.66. The van der Waals surface area contributed by atoms with Crippen molar-refractivity contribution in [3.05, 3.63) is 43.0 Å². The third-order valence-electron chi connectivity index (χ3n) is 7.82. The lowest BCUT2D eigenvalue weighted by molar-refractivity contribution is 0.104. The van der Waals surface area contributed by atoms with Gasteiger partial charge in [0.05, 0.1) is 17.8 Å². The molecule has 1 spiro atoms. The molecule has 3 aromatic rings. The van der Waals surface area contributed by atoms with Crippen molar-refractivity contribution in [1.82, 2.24) is 24.8 Å². The molecule has 162 valence electrons. The van der Waals surface area contributed by atoms with Gasteiger partial charge in [0.2, 0.25) is 0 Å². The number of fused-ring (bicyclic) bond motifs is 1. The highest BCUT2D eigenvalue weighted by atomic mass is 15.2. The number of pyridine rings is 2. The Hall–Kier alpha value is -3.11. The van der Waals surface area contributed by atoms with E-state index in [0.29, 0.717) is 11.5 Å². The highest BCUT2D eigenvalue weighted by Crippen LogP contribution is 2.45. The smallest absolute Gasteiger partial charge is 0.162 e. The number of nitrogens with zero attached hydrogens (tertiary/aromatic N) is 7. The van der Waals surface area contributed by atoms with Gasteiger partial charge in [-0.15, -0.1) is 0 Å². The van der Waals surface area contributed by atoms with Crippen LogP contribution in [0.2, 0.25) is 0 Å². The number of aromatic nitrogens is 4. The maximum Gasteiger partial charge on any atom is 0.162 e. The van der Waals surface area contributed by atoms with Crippen LogP contribution in [0, 0.1) is 22.7 Å². The van der Waals surface area contributed by atoms with Crippen LogP contribution in [0.5, 0.6) is 0 Å². The Morgan fingerprint density at radius 2 is 1.69 bits per heavy atom. The molecule has 7 heteroatoms. The molecule has 0 amide bonds. The van der Waals surface area contributed by atoms with Crippen LogP contribution in [-0.2, 0) is 0 Å². The quantitative estimate of drug-likeness (QED) is 0.633. The Bertz CT molecular complexity index is 1160. The third kappa shape index (κ3) is 3.39. The van der Waals surface area contributed by atoms with E-state index in [0.717, 1.165) is 54.0 Å². The molecule has 0 aromatic carbocycles. The third-order valence-corrected chi connectivity index (χ3v) is 7.82. The van der Waals surface area contributed by atoms with Crippen molar-refractivity contribution >= 4 is 16.7 Å². The topological polar surface area (TPSA) is 81.8 Å². The summed E-state index contributed by atoms with van der Waals surface area (Å²) in [5, 5.41) is 10.2. The van der Waals surface area contributed by atoms with Gasteiger partial charge in [-0.25, -0.2) is 9.97 Å². The highest BCUT2D eigenvalue weighted by Gasteiger charge is 2.45. The molecule has 3 aromatic heterocycles. The molecule has 0 atom stereocenters. The van der Waals surface area contributed by atoms with Crippen LogP contribution in [0.4, 0.5) is 5.82 Å². The van der Waals surface area contributed by atoms with E-state index >= 15 is 0 Å². The Morgan fingerprint density at radius 1 is 0.938 bits per heavy atom. The number of piperidine rings is 1. The molecule has 3 fully saturated rings. The highest BCUT2D eigenvalue weighted by molar-refractivity contribution is 5.90. The summed E-state index contributed by atoms with van der Waals surface area (Å²) < 4.78 is 0. The molecule has 3 aliphatic rings. The van der Waals surface area contributed by atoms with Crippen LogP contribution in [0.25, 0.3) is 22.3 Å². The van der Waals surface area contributed by atoms with Crippen LogP contribution in [0.3, 0.4) is 0 Å². The minimum Gasteiger partial charge on any atom is -0.356 e. The van der Waals surface area contributed by atoms with Gasteiger partial charge in [-0.2, -0.15) is 5.26 Å². The van der Waals surface area contributed by atoms with E-state index in [-0.39, 0.29) is 5.92 Å². The second kappa shape index (κ2) is 7.79. The summed E-state index contributed by atoms with van der Waals surface area (Å²) in [5.74, 6) is 2.03. The SMILES string of the molecule is N#CC1CC(N2CCC3(CCN(c4nc(-c5ccncc5)nc5cnccc45)CC3)C2)C1. The van der Waals surface area contributed by atoms with Crippen molar-refractivity contribution in [2.75, 3.05) is 31.1 Å². The molecule has 2 aliphatic heterocycles. The monoisotopic (exact) mass is 425 g/mol. The number of hydrogen-bond donors (Lipinski definition) is 0. The number of nitriles is 1. The predicted molar refractivity (Wildman–Crippen MR) is 123 cm³/mol. The zero-order chi connectivity index (χ0) is 21.5. The van der Waals surface area contributed by atoms with Gasteiger partial charge < -0.3 is 4.90 Å². The van der Waals surface area contributed by atoms with E-state index in [4.69, 9.17) is 15.2 Å². The summed E-state index contributed by atoms with van der Waals surface area (Å²) in [6, 6.07) is 9.01. The van der Waals surface area contributed by atoms with Crippen molar-refractivity contribution in [2.24, 2.45) is 11.3 Å². The van der Waals surface area contributed by atoms with Crippen LogP contribution in [0.15, 0.2) is 43.0 Å². The molecule has 32 heavy (non-hydrogen) atoms. The summed E-state index contributed by atoms with van der Waals surface area (Å²) in [5.41, 5.74) is 2.28. The van der Waals surface area contributed by atoms with Crippen molar-refractivity contribution in [2.45, 2.75) is 38.1 Å². The standard InChI is InChI=1S/C25H27N7/c26-15-18-13-20(14-18)32-12-6-25(17-32)4-10-31(11-5-25)24-21-3-9-28-16-22(21)29-23(30-24)19-1-7-27-8-2-19/h1-3,7-9,16,18,20H,4-6,10-14,17H2. The molecule has 0 unspecified atom stereocenters. The van der Waals surface area contributed by atoms with Crippen molar-refractivity contribution < 1.29 is 0 Å². The van der Waals surface area contributed by atoms with E-state index in [1.54, 1.807) is 12.4 Å². The lowest BCUT2D eigenvalue weighted by Crippen LogP contribution is -2.46. The van der Waals surface area contributed by atoms with Gasteiger partial charge in [-0.05, 0) is 62.3 Å². The molecule has 5 heterocycles. The Morgan fingerprint density at radius 3 is 2.47 bits per heavy atom. The predicted octanol–water partition coefficient (Wildman–Crippen LogP) is 3.68. The molecule has 2 saturated heterocycles. The zero-order valence-corrected chi connectivity index (χ0v) is 18.2. The first-order valence-corrected chi connectivity index (χ1v) is 11.6. The van der Waals surface area contributed by atoms with Gasteiger partial charge in [0.25, 0.3) is 0 Å². The van der Waals surface area contributed by atoms with Gasteiger partial charge in [0.15, 0.2) is 5.82 Å². The average Bonchev–Trinajstić information content (AvgIpc) is 3.22. The van der Waals surface area contributed by atoms with E-state index in [9.17, 15) is 0 Å². The lowest BCUT2D eigenvalue weighted by atomic mass is 9.77. The Labute approximate surface area is 188 Å². The number of rotatable bonds is 3. The van der Waals surface area contributed by atoms with Gasteiger partial charge >= 0.3 is 0 Å². The fourth-order valence-electron chi connectivity index (χ4n) is 5.71. The van der Waals surface area contributed by atoms with E-state index in [1.165, 1.54) is 32.4 Å². The van der Waals surface area contributed by atoms with Crippen LogP contribution in [-0.4, -0.2) is 57.1 Å². The first-order chi connectivity index (χ1) is 15.7. The van der Waals surface area contributed by atoms with Gasteiger partial charge in [-0.1, -0.05) is 0 Å². The number of hydrogen-bond acceptors (Lipinski definition) is 7. The van der Waals surface area contributed by atoms with Gasteiger partial charge in [-0.3, -0.25) is 14.9 Å². The largest absolute Gasteiger partial charge is 0.356 e. The maximum atomic E-state index is 9.10. The molecule has 0 bridgehead atoms. The van der Waals surface area contributed by atoms with Crippen molar-refractivity contribution in [1.29, 1.82) is 5.26 Å². The van der Waals surface area contributed by atoms with Gasteiger partial charge in [0, 0.05) is 61.1 Å². The maximum absolute atomic E-state index is 9.10. The lowest BCUT2D eigenvalue weighted by Gasteiger charge is -2.42. The second-order valence-electron chi connectivity index (χ2n) is 9.66. The number of likely N-dealkylation sites (tertiary alicyclic amines) is 1. The van der Waals surface area contributed by atoms with E-state index < -0.39 is 0 Å². The Balaban J connectivity index is 1.22. The van der Waals surface area contributed by atoms with Crippen LogP contribution in [0.1, 0.15) is 32.1 Å². The first-order valence-electron chi connectivity index (χ1n) is 11.6. The molecule has 0 N–H and O–H groups in total. The van der Waals surface area contributed by atoms with E-state index in [1.807, 2.05) is 30.6 Å². The van der Waals surface area contributed by atoms with Crippen molar-refractivity contribution in [3.8, 4) is 17.5 Å². The molecular weight excluding hydrogens is 398 g/mol. The van der Waals surface area contributed by atoms with E-state index in [2.05, 4.69) is 25.8 Å². The minimum atomic E-state index is 0.286. The summed E-state index contributed by atoms with van der Waals surface area (Å²) in [4.78, 5) is 23.3. The Kier molecular flexibility index (Phi) is 4.76. The molecular formula is C25H27N7. The zero-order valence-electron chi connectivity index (χ0n) is 18.2. The average molecular weight is 426 g/mol.